The highest BCUT2D eigenvalue weighted by atomic mass is 16.5. The Labute approximate surface area is 102 Å². The van der Waals surface area contributed by atoms with Crippen LogP contribution in [-0.2, 0) is 11.3 Å². The summed E-state index contributed by atoms with van der Waals surface area (Å²) in [7, 11) is 1.91. The van der Waals surface area contributed by atoms with Crippen LogP contribution in [0.1, 0.15) is 18.5 Å². The Morgan fingerprint density at radius 2 is 2.24 bits per heavy atom. The SMILES string of the molecule is CNCc1ccc(OCC2CCOCC2)cn1. The monoisotopic (exact) mass is 236 g/mol. The van der Waals surface area contributed by atoms with Gasteiger partial charge in [0.05, 0.1) is 18.5 Å². The van der Waals surface area contributed by atoms with Crippen molar-refractivity contribution < 1.29 is 9.47 Å². The molecule has 0 aliphatic carbocycles. The Morgan fingerprint density at radius 3 is 2.88 bits per heavy atom. The average Bonchev–Trinajstić information content (AvgIpc) is 2.40. The number of ether oxygens (including phenoxy) is 2. The summed E-state index contributed by atoms with van der Waals surface area (Å²) >= 11 is 0. The van der Waals surface area contributed by atoms with E-state index in [2.05, 4.69) is 10.3 Å². The van der Waals surface area contributed by atoms with Gasteiger partial charge in [-0.25, -0.2) is 0 Å². The molecular formula is C13H20N2O2. The molecule has 0 saturated carbocycles. The van der Waals surface area contributed by atoms with Crippen molar-refractivity contribution in [3.8, 4) is 5.75 Å². The zero-order chi connectivity index (χ0) is 11.9. The number of pyridine rings is 1. The van der Waals surface area contributed by atoms with Crippen LogP contribution in [0.15, 0.2) is 18.3 Å². The third-order valence-electron chi connectivity index (χ3n) is 2.98. The summed E-state index contributed by atoms with van der Waals surface area (Å²) < 4.78 is 11.1. The van der Waals surface area contributed by atoms with Gasteiger partial charge >= 0.3 is 0 Å². The Kier molecular flexibility index (Phi) is 4.76. The third kappa shape index (κ3) is 3.98. The van der Waals surface area contributed by atoms with Crippen molar-refractivity contribution >= 4 is 0 Å². The van der Waals surface area contributed by atoms with Gasteiger partial charge in [-0.05, 0) is 37.9 Å². The molecule has 0 bridgehead atoms. The maximum Gasteiger partial charge on any atom is 0.137 e. The predicted molar refractivity (Wildman–Crippen MR) is 66.0 cm³/mol. The van der Waals surface area contributed by atoms with Gasteiger partial charge in [0, 0.05) is 19.8 Å². The molecule has 1 aliphatic heterocycles. The van der Waals surface area contributed by atoms with E-state index in [1.54, 1.807) is 6.20 Å². The van der Waals surface area contributed by atoms with Crippen LogP contribution >= 0.6 is 0 Å². The fraction of sp³-hybridized carbons (Fsp3) is 0.615. The van der Waals surface area contributed by atoms with Gasteiger partial charge < -0.3 is 14.8 Å². The van der Waals surface area contributed by atoms with Crippen molar-refractivity contribution in [2.75, 3.05) is 26.9 Å². The van der Waals surface area contributed by atoms with E-state index in [0.717, 1.165) is 50.7 Å². The lowest BCUT2D eigenvalue weighted by Crippen LogP contribution is -2.21. The number of rotatable bonds is 5. The van der Waals surface area contributed by atoms with Crippen LogP contribution in [0.2, 0.25) is 0 Å². The first-order valence-electron chi connectivity index (χ1n) is 6.18. The highest BCUT2D eigenvalue weighted by Crippen LogP contribution is 2.17. The summed E-state index contributed by atoms with van der Waals surface area (Å²) in [4.78, 5) is 4.32. The lowest BCUT2D eigenvalue weighted by molar-refractivity contribution is 0.0497. The number of aromatic nitrogens is 1. The van der Waals surface area contributed by atoms with Crippen molar-refractivity contribution in [2.24, 2.45) is 5.92 Å². The summed E-state index contributed by atoms with van der Waals surface area (Å²) in [5.74, 6) is 1.48. The Hall–Kier alpha value is -1.13. The van der Waals surface area contributed by atoms with E-state index in [9.17, 15) is 0 Å². The second-order valence-corrected chi connectivity index (χ2v) is 4.38. The van der Waals surface area contributed by atoms with E-state index < -0.39 is 0 Å². The van der Waals surface area contributed by atoms with Crippen molar-refractivity contribution in [3.05, 3.63) is 24.0 Å². The van der Waals surface area contributed by atoms with Crippen LogP contribution in [0.4, 0.5) is 0 Å². The van der Waals surface area contributed by atoms with Crippen molar-refractivity contribution in [2.45, 2.75) is 19.4 Å². The predicted octanol–water partition coefficient (Wildman–Crippen LogP) is 1.61. The minimum atomic E-state index is 0.626. The second kappa shape index (κ2) is 6.57. The molecule has 17 heavy (non-hydrogen) atoms. The molecule has 0 spiro atoms. The van der Waals surface area contributed by atoms with Gasteiger partial charge in [0.1, 0.15) is 5.75 Å². The summed E-state index contributed by atoms with van der Waals surface area (Å²) in [5.41, 5.74) is 1.03. The molecule has 1 aromatic heterocycles. The molecule has 94 valence electrons. The fourth-order valence-electron chi connectivity index (χ4n) is 1.91. The lowest BCUT2D eigenvalue weighted by Gasteiger charge is -2.21. The minimum absolute atomic E-state index is 0.626. The first-order chi connectivity index (χ1) is 8.38. The molecule has 1 fully saturated rings. The molecule has 1 N–H and O–H groups in total. The van der Waals surface area contributed by atoms with E-state index >= 15 is 0 Å². The molecule has 1 saturated heterocycles. The molecule has 1 aliphatic rings. The zero-order valence-corrected chi connectivity index (χ0v) is 10.3. The summed E-state index contributed by atoms with van der Waals surface area (Å²) in [6, 6.07) is 3.98. The van der Waals surface area contributed by atoms with Gasteiger partial charge in [0.15, 0.2) is 0 Å². The quantitative estimate of drug-likeness (QED) is 0.843. The smallest absolute Gasteiger partial charge is 0.137 e. The topological polar surface area (TPSA) is 43.4 Å². The Bertz CT molecular complexity index is 321. The molecular weight excluding hydrogens is 216 g/mol. The van der Waals surface area contributed by atoms with E-state index in [4.69, 9.17) is 9.47 Å². The van der Waals surface area contributed by atoms with Crippen LogP contribution in [0.5, 0.6) is 5.75 Å². The standard InChI is InChI=1S/C13H20N2O2/c1-14-8-12-2-3-13(9-15-12)17-10-11-4-6-16-7-5-11/h2-3,9,11,14H,4-8,10H2,1H3. The van der Waals surface area contributed by atoms with Crippen LogP contribution in [0.25, 0.3) is 0 Å². The normalized spacial score (nSPS) is 17.0. The highest BCUT2D eigenvalue weighted by Gasteiger charge is 2.14. The molecule has 0 aromatic carbocycles. The largest absolute Gasteiger partial charge is 0.492 e. The third-order valence-corrected chi connectivity index (χ3v) is 2.98. The van der Waals surface area contributed by atoms with E-state index in [-0.39, 0.29) is 0 Å². The average molecular weight is 236 g/mol. The molecule has 2 heterocycles. The zero-order valence-electron chi connectivity index (χ0n) is 10.3. The van der Waals surface area contributed by atoms with Gasteiger partial charge in [-0.3, -0.25) is 4.98 Å². The molecule has 0 atom stereocenters. The van der Waals surface area contributed by atoms with Crippen molar-refractivity contribution in [3.63, 3.8) is 0 Å². The maximum absolute atomic E-state index is 5.74. The summed E-state index contributed by atoms with van der Waals surface area (Å²) in [5, 5.41) is 3.07. The first-order valence-corrected chi connectivity index (χ1v) is 6.18. The van der Waals surface area contributed by atoms with Crippen LogP contribution in [0, 0.1) is 5.92 Å². The molecule has 2 rings (SSSR count). The van der Waals surface area contributed by atoms with Crippen molar-refractivity contribution in [1.29, 1.82) is 0 Å². The van der Waals surface area contributed by atoms with Gasteiger partial charge in [-0.15, -0.1) is 0 Å². The molecule has 0 radical (unpaired) electrons. The molecule has 4 heteroatoms. The van der Waals surface area contributed by atoms with E-state index in [1.807, 2.05) is 19.2 Å². The maximum atomic E-state index is 5.74. The number of hydrogen-bond donors (Lipinski definition) is 1. The minimum Gasteiger partial charge on any atom is -0.492 e. The summed E-state index contributed by atoms with van der Waals surface area (Å²) in [6.45, 7) is 3.30. The molecule has 0 unspecified atom stereocenters. The number of hydrogen-bond acceptors (Lipinski definition) is 4. The van der Waals surface area contributed by atoms with E-state index in [1.165, 1.54) is 0 Å². The van der Waals surface area contributed by atoms with Crippen LogP contribution < -0.4 is 10.1 Å². The van der Waals surface area contributed by atoms with Gasteiger partial charge in [0.2, 0.25) is 0 Å². The number of nitrogens with zero attached hydrogens (tertiary/aromatic N) is 1. The van der Waals surface area contributed by atoms with Gasteiger partial charge in [-0.2, -0.15) is 0 Å². The van der Waals surface area contributed by atoms with Crippen molar-refractivity contribution in [1.82, 2.24) is 10.3 Å². The molecule has 1 aromatic rings. The van der Waals surface area contributed by atoms with Gasteiger partial charge in [-0.1, -0.05) is 0 Å². The first kappa shape index (κ1) is 12.3. The molecule has 4 nitrogen and oxygen atoms in total. The fourth-order valence-corrected chi connectivity index (χ4v) is 1.91. The lowest BCUT2D eigenvalue weighted by atomic mass is 10.0. The highest BCUT2D eigenvalue weighted by molar-refractivity contribution is 5.19. The van der Waals surface area contributed by atoms with Crippen LogP contribution in [-0.4, -0.2) is 31.9 Å². The Morgan fingerprint density at radius 1 is 1.41 bits per heavy atom. The van der Waals surface area contributed by atoms with Gasteiger partial charge in [0.25, 0.3) is 0 Å². The Balaban J connectivity index is 1.77. The summed E-state index contributed by atoms with van der Waals surface area (Å²) in [6.07, 6.45) is 4.00. The van der Waals surface area contributed by atoms with Crippen LogP contribution in [0.3, 0.4) is 0 Å². The molecule has 0 amide bonds. The second-order valence-electron chi connectivity index (χ2n) is 4.38. The van der Waals surface area contributed by atoms with E-state index in [0.29, 0.717) is 5.92 Å². The number of nitrogens with one attached hydrogen (secondary N) is 1.